The van der Waals surface area contributed by atoms with Crippen molar-refractivity contribution in [3.05, 3.63) is 35.4 Å². The number of hydrogen-bond acceptors (Lipinski definition) is 1. The van der Waals surface area contributed by atoms with E-state index in [4.69, 9.17) is 0 Å². The summed E-state index contributed by atoms with van der Waals surface area (Å²) in [5.41, 5.74) is 3.30. The lowest BCUT2D eigenvalue weighted by Gasteiger charge is -2.30. The van der Waals surface area contributed by atoms with Gasteiger partial charge in [-0.05, 0) is 74.1 Å². The Kier molecular flexibility index (Phi) is 4.77. The van der Waals surface area contributed by atoms with E-state index in [1.165, 1.54) is 51.5 Å². The zero-order valence-corrected chi connectivity index (χ0v) is 12.9. The van der Waals surface area contributed by atoms with Gasteiger partial charge in [0.15, 0.2) is 0 Å². The first-order valence-electron chi connectivity index (χ1n) is 8.67. The fourth-order valence-electron chi connectivity index (χ4n) is 4.49. The smallest absolute Gasteiger partial charge is 0.00180 e. The molecule has 0 saturated heterocycles. The Labute approximate surface area is 124 Å². The van der Waals surface area contributed by atoms with Crippen LogP contribution in [0.2, 0.25) is 0 Å². The first kappa shape index (κ1) is 14.1. The Morgan fingerprint density at radius 2 is 1.90 bits per heavy atom. The molecule has 1 nitrogen and oxygen atoms in total. The lowest BCUT2D eigenvalue weighted by atomic mass is 9.76. The van der Waals surface area contributed by atoms with E-state index in [0.29, 0.717) is 0 Å². The number of hydrogen-bond donors (Lipinski definition) is 1. The van der Waals surface area contributed by atoms with Crippen LogP contribution in [0.15, 0.2) is 24.3 Å². The van der Waals surface area contributed by atoms with Crippen molar-refractivity contribution in [1.29, 1.82) is 0 Å². The fourth-order valence-corrected chi connectivity index (χ4v) is 4.49. The summed E-state index contributed by atoms with van der Waals surface area (Å²) in [6, 6.07) is 9.20. The molecule has 0 heterocycles. The van der Waals surface area contributed by atoms with Crippen LogP contribution in [-0.4, -0.2) is 13.1 Å². The molecule has 2 aliphatic carbocycles. The zero-order valence-electron chi connectivity index (χ0n) is 12.9. The summed E-state index contributed by atoms with van der Waals surface area (Å²) in [4.78, 5) is 0. The summed E-state index contributed by atoms with van der Waals surface area (Å²) in [6.45, 7) is 4.59. The van der Waals surface area contributed by atoms with Gasteiger partial charge in [-0.15, -0.1) is 0 Å². The minimum atomic E-state index is 0.840. The third kappa shape index (κ3) is 3.09. The molecule has 20 heavy (non-hydrogen) atoms. The second-order valence-electron chi connectivity index (χ2n) is 6.78. The molecule has 0 spiro atoms. The van der Waals surface area contributed by atoms with Crippen molar-refractivity contribution in [3.8, 4) is 0 Å². The molecule has 0 aliphatic heterocycles. The van der Waals surface area contributed by atoms with Crippen molar-refractivity contribution in [2.24, 2.45) is 11.8 Å². The van der Waals surface area contributed by atoms with Crippen LogP contribution in [0.5, 0.6) is 0 Å². The van der Waals surface area contributed by atoms with Gasteiger partial charge >= 0.3 is 0 Å². The van der Waals surface area contributed by atoms with Crippen LogP contribution in [0, 0.1) is 11.8 Å². The van der Waals surface area contributed by atoms with Crippen LogP contribution in [0.1, 0.15) is 62.5 Å². The van der Waals surface area contributed by atoms with Crippen molar-refractivity contribution in [3.63, 3.8) is 0 Å². The van der Waals surface area contributed by atoms with Gasteiger partial charge in [0.2, 0.25) is 0 Å². The van der Waals surface area contributed by atoms with E-state index in [0.717, 1.165) is 24.3 Å². The monoisotopic (exact) mass is 271 g/mol. The van der Waals surface area contributed by atoms with E-state index in [1.54, 1.807) is 11.1 Å². The largest absolute Gasteiger partial charge is 0.317 e. The lowest BCUT2D eigenvalue weighted by Crippen LogP contribution is -2.26. The molecule has 0 bridgehead atoms. The highest BCUT2D eigenvalue weighted by Gasteiger charge is 2.30. The SMILES string of the molecule is CCNCC1CCCC1CC1CCCc2ccccc21. The Bertz CT molecular complexity index is 426. The maximum atomic E-state index is 3.58. The number of benzene rings is 1. The number of aryl methyl sites for hydroxylation is 1. The third-order valence-corrected chi connectivity index (χ3v) is 5.55. The average molecular weight is 271 g/mol. The van der Waals surface area contributed by atoms with Gasteiger partial charge < -0.3 is 5.32 Å². The predicted molar refractivity (Wildman–Crippen MR) is 86.1 cm³/mol. The average Bonchev–Trinajstić information content (AvgIpc) is 2.93. The van der Waals surface area contributed by atoms with Gasteiger partial charge in [0.25, 0.3) is 0 Å². The number of rotatable bonds is 5. The molecule has 3 atom stereocenters. The van der Waals surface area contributed by atoms with Gasteiger partial charge in [-0.3, -0.25) is 0 Å². The van der Waals surface area contributed by atoms with E-state index in [-0.39, 0.29) is 0 Å². The first-order valence-corrected chi connectivity index (χ1v) is 8.67. The number of nitrogens with one attached hydrogen (secondary N) is 1. The van der Waals surface area contributed by atoms with Crippen LogP contribution in [0.3, 0.4) is 0 Å². The van der Waals surface area contributed by atoms with E-state index in [9.17, 15) is 0 Å². The van der Waals surface area contributed by atoms with Gasteiger partial charge in [-0.2, -0.15) is 0 Å². The molecular weight excluding hydrogens is 242 g/mol. The summed E-state index contributed by atoms with van der Waals surface area (Å²) in [5.74, 6) is 2.74. The van der Waals surface area contributed by atoms with Crippen molar-refractivity contribution in [1.82, 2.24) is 5.32 Å². The predicted octanol–water partition coefficient (Wildman–Crippen LogP) is 4.52. The first-order chi connectivity index (χ1) is 9.88. The summed E-state index contributed by atoms with van der Waals surface area (Å²) < 4.78 is 0. The molecule has 0 aromatic heterocycles. The highest BCUT2D eigenvalue weighted by molar-refractivity contribution is 5.32. The van der Waals surface area contributed by atoms with Crippen molar-refractivity contribution in [2.45, 2.75) is 57.8 Å². The minimum Gasteiger partial charge on any atom is -0.317 e. The molecule has 1 saturated carbocycles. The molecular formula is C19H29N. The molecule has 3 rings (SSSR count). The van der Waals surface area contributed by atoms with E-state index in [2.05, 4.69) is 36.5 Å². The van der Waals surface area contributed by atoms with Crippen LogP contribution in [0.25, 0.3) is 0 Å². The number of fused-ring (bicyclic) bond motifs is 1. The molecule has 110 valence electrons. The minimum absolute atomic E-state index is 0.840. The van der Waals surface area contributed by atoms with Gasteiger partial charge in [0, 0.05) is 0 Å². The Balaban J connectivity index is 1.66. The van der Waals surface area contributed by atoms with E-state index < -0.39 is 0 Å². The summed E-state index contributed by atoms with van der Waals surface area (Å²) in [5, 5.41) is 3.58. The normalized spacial score (nSPS) is 29.4. The van der Waals surface area contributed by atoms with Crippen molar-refractivity contribution in [2.75, 3.05) is 13.1 Å². The molecule has 1 aromatic rings. The topological polar surface area (TPSA) is 12.0 Å². The highest BCUT2D eigenvalue weighted by Crippen LogP contribution is 2.42. The molecule has 0 radical (unpaired) electrons. The van der Waals surface area contributed by atoms with Crippen molar-refractivity contribution >= 4 is 0 Å². The Hall–Kier alpha value is -0.820. The Morgan fingerprint density at radius 1 is 1.05 bits per heavy atom. The quantitative estimate of drug-likeness (QED) is 0.830. The summed E-state index contributed by atoms with van der Waals surface area (Å²) >= 11 is 0. The standard InChI is InChI=1S/C19H29N/c1-2-20-14-18-11-6-9-16(18)13-17-10-5-8-15-7-3-4-12-19(15)17/h3-4,7,12,16-18,20H,2,5-6,8-11,13-14H2,1H3. The van der Waals surface area contributed by atoms with Gasteiger partial charge in [0.1, 0.15) is 0 Å². The van der Waals surface area contributed by atoms with E-state index in [1.807, 2.05) is 0 Å². The zero-order chi connectivity index (χ0) is 13.8. The molecule has 0 amide bonds. The second-order valence-corrected chi connectivity index (χ2v) is 6.78. The maximum absolute atomic E-state index is 3.58. The molecule has 3 unspecified atom stereocenters. The highest BCUT2D eigenvalue weighted by atomic mass is 14.8. The summed E-state index contributed by atoms with van der Waals surface area (Å²) in [7, 11) is 0. The summed E-state index contributed by atoms with van der Waals surface area (Å²) in [6.07, 6.45) is 9.93. The molecule has 2 aliphatic rings. The van der Waals surface area contributed by atoms with Crippen LogP contribution < -0.4 is 5.32 Å². The van der Waals surface area contributed by atoms with Gasteiger partial charge in [0.05, 0.1) is 0 Å². The molecule has 1 fully saturated rings. The third-order valence-electron chi connectivity index (χ3n) is 5.55. The van der Waals surface area contributed by atoms with Crippen LogP contribution >= 0.6 is 0 Å². The van der Waals surface area contributed by atoms with E-state index >= 15 is 0 Å². The molecule has 1 N–H and O–H groups in total. The van der Waals surface area contributed by atoms with Gasteiger partial charge in [-0.25, -0.2) is 0 Å². The molecule has 1 heteroatoms. The molecule has 1 aromatic carbocycles. The second kappa shape index (κ2) is 6.76. The maximum Gasteiger partial charge on any atom is -0.00180 e. The van der Waals surface area contributed by atoms with Gasteiger partial charge in [-0.1, -0.05) is 44.0 Å². The fraction of sp³-hybridized carbons (Fsp3) is 0.684. The van der Waals surface area contributed by atoms with Crippen molar-refractivity contribution < 1.29 is 0 Å². The van der Waals surface area contributed by atoms with Crippen LogP contribution in [0.4, 0.5) is 0 Å². The lowest BCUT2D eigenvalue weighted by molar-refractivity contribution is 0.315. The Morgan fingerprint density at radius 3 is 2.80 bits per heavy atom. The van der Waals surface area contributed by atoms with Crippen LogP contribution in [-0.2, 0) is 6.42 Å².